The molecule has 0 spiro atoms. The van der Waals surface area contributed by atoms with Gasteiger partial charge in [-0.3, -0.25) is 0 Å². The van der Waals surface area contributed by atoms with Crippen LogP contribution >= 0.6 is 0 Å². The predicted molar refractivity (Wildman–Crippen MR) is 259 cm³/mol. The molecule has 0 aliphatic carbocycles. The summed E-state index contributed by atoms with van der Waals surface area (Å²) in [5, 5.41) is 10.4. The number of anilines is 3. The normalized spacial score (nSPS) is 11.5. The van der Waals surface area contributed by atoms with Crippen LogP contribution < -0.4 is 43.1 Å². The third-order valence-corrected chi connectivity index (χ3v) is 12.4. The van der Waals surface area contributed by atoms with Gasteiger partial charge in [-0.05, 0) is 102 Å². The molecule has 0 aromatic heterocycles. The number of nitrogens with zero attached hydrogens (tertiary/aromatic N) is 1. The molecule has 0 atom stereocenters. The van der Waals surface area contributed by atoms with Gasteiger partial charge >= 0.3 is 0 Å². The molecule has 9 rings (SSSR count). The zero-order valence-electron chi connectivity index (χ0n) is 32.3. The SMILES string of the molecule is Bc1c(B)c(B)c2c(-c3ccc(N(c4ccc(-c5cccc6ccccc56)cc4)c4ccc5ccc6ccccc6c5c4)cc3)c(B)c(B)c(B)c2c1B. The summed E-state index contributed by atoms with van der Waals surface area (Å²) in [5.74, 6) is 0. The molecule has 0 amide bonds. The fourth-order valence-electron chi connectivity index (χ4n) is 8.92. The Balaban J connectivity index is 1.22. The molecule has 248 valence electrons. The Hall–Kier alpha value is -5.73. The zero-order chi connectivity index (χ0) is 37.2. The maximum Gasteiger partial charge on any atom is 0.139 e. The highest BCUT2D eigenvalue weighted by Gasteiger charge is 2.20. The summed E-state index contributed by atoms with van der Waals surface area (Å²) in [5.41, 5.74) is 18.2. The second kappa shape index (κ2) is 13.3. The highest BCUT2D eigenvalue weighted by molar-refractivity contribution is 6.71. The zero-order valence-corrected chi connectivity index (χ0v) is 32.3. The van der Waals surface area contributed by atoms with Gasteiger partial charge < -0.3 is 4.90 Å². The summed E-state index contributed by atoms with van der Waals surface area (Å²) in [6.07, 6.45) is 0. The monoisotopic (exact) mass is 681 g/mol. The van der Waals surface area contributed by atoms with Crippen LogP contribution in [0.3, 0.4) is 0 Å². The number of rotatable bonds is 5. The van der Waals surface area contributed by atoms with Crippen molar-refractivity contribution >= 4 is 153 Å². The Morgan fingerprint density at radius 1 is 0.315 bits per heavy atom. The van der Waals surface area contributed by atoms with Gasteiger partial charge in [-0.2, -0.15) is 0 Å². The van der Waals surface area contributed by atoms with Crippen molar-refractivity contribution in [3.8, 4) is 22.3 Å². The first-order valence-corrected chi connectivity index (χ1v) is 19.1. The molecule has 54 heavy (non-hydrogen) atoms. The van der Waals surface area contributed by atoms with Crippen LogP contribution in [-0.2, 0) is 0 Å². The lowest BCUT2D eigenvalue weighted by Gasteiger charge is -2.27. The highest BCUT2D eigenvalue weighted by atomic mass is 15.1. The van der Waals surface area contributed by atoms with Crippen LogP contribution in [0.25, 0.3) is 65.3 Å². The number of fused-ring (bicyclic) bond motifs is 5. The van der Waals surface area contributed by atoms with E-state index in [0.717, 1.165) is 17.1 Å². The maximum atomic E-state index is 2.41. The van der Waals surface area contributed by atoms with Gasteiger partial charge in [0.25, 0.3) is 0 Å². The third-order valence-electron chi connectivity index (χ3n) is 12.4. The van der Waals surface area contributed by atoms with Crippen molar-refractivity contribution in [3.63, 3.8) is 0 Å². The lowest BCUT2D eigenvalue weighted by Crippen LogP contribution is -2.52. The standard InChI is InChI=1S/C46H38B7N/c47-40-37(38-39(42(49)44(40)51)43(50)46(53)45(52)41(38)48)29-17-21-31(22-18-29)54(32-23-16-28-13-12-26-7-2-4-10-35(26)36(28)24-32)30-19-14-27(15-20-30)34-11-5-8-25-6-1-3-9-33(25)34/h1-24H,47-53H2. The third kappa shape index (κ3) is 5.42. The molecule has 0 bridgehead atoms. The van der Waals surface area contributed by atoms with Gasteiger partial charge in [-0.25, -0.2) is 0 Å². The summed E-state index contributed by atoms with van der Waals surface area (Å²) in [7, 11) is 16.1. The van der Waals surface area contributed by atoms with Crippen LogP contribution in [0.2, 0.25) is 0 Å². The topological polar surface area (TPSA) is 3.24 Å². The molecule has 0 unspecified atom stereocenters. The van der Waals surface area contributed by atoms with E-state index in [-0.39, 0.29) is 0 Å². The minimum absolute atomic E-state index is 1.12. The summed E-state index contributed by atoms with van der Waals surface area (Å²) < 4.78 is 0. The summed E-state index contributed by atoms with van der Waals surface area (Å²) in [6, 6.07) is 53.7. The predicted octanol–water partition coefficient (Wildman–Crippen LogP) is 0.912. The number of hydrogen-bond donors (Lipinski definition) is 0. The fourth-order valence-corrected chi connectivity index (χ4v) is 8.92. The van der Waals surface area contributed by atoms with Crippen LogP contribution in [0.1, 0.15) is 0 Å². The van der Waals surface area contributed by atoms with Gasteiger partial charge in [0.2, 0.25) is 0 Å². The Morgan fingerprint density at radius 3 is 1.43 bits per heavy atom. The number of hydrogen-bond acceptors (Lipinski definition) is 1. The first-order chi connectivity index (χ1) is 26.2. The molecule has 0 radical (unpaired) electrons. The molecule has 0 saturated carbocycles. The summed E-state index contributed by atoms with van der Waals surface area (Å²) in [4.78, 5) is 2.41. The van der Waals surface area contributed by atoms with E-state index in [1.807, 2.05) is 0 Å². The van der Waals surface area contributed by atoms with Crippen LogP contribution in [0.15, 0.2) is 146 Å². The molecule has 9 aromatic rings. The van der Waals surface area contributed by atoms with Crippen LogP contribution in [0.4, 0.5) is 17.1 Å². The lowest BCUT2D eigenvalue weighted by atomic mass is 9.59. The second-order valence-corrected chi connectivity index (χ2v) is 15.1. The van der Waals surface area contributed by atoms with Gasteiger partial charge in [0, 0.05) is 17.1 Å². The minimum Gasteiger partial charge on any atom is -0.310 e. The minimum atomic E-state index is 1.12. The van der Waals surface area contributed by atoms with Crippen molar-refractivity contribution in [2.45, 2.75) is 0 Å². The van der Waals surface area contributed by atoms with Crippen molar-refractivity contribution in [1.29, 1.82) is 0 Å². The lowest BCUT2D eigenvalue weighted by molar-refractivity contribution is 1.29. The van der Waals surface area contributed by atoms with Crippen LogP contribution in [0, 0.1) is 0 Å². The molecule has 8 heteroatoms. The van der Waals surface area contributed by atoms with Crippen LogP contribution in [-0.4, -0.2) is 54.9 Å². The molecular formula is C46H38B7N. The molecule has 0 saturated heterocycles. The fraction of sp³-hybridized carbons (Fsp3) is 0. The number of benzene rings is 9. The Labute approximate surface area is 324 Å². The molecule has 0 heterocycles. The first kappa shape index (κ1) is 34.1. The summed E-state index contributed by atoms with van der Waals surface area (Å²) >= 11 is 0. The van der Waals surface area contributed by atoms with Crippen molar-refractivity contribution in [2.75, 3.05) is 4.90 Å². The Bertz CT molecular complexity index is 2940. The molecule has 1 nitrogen and oxygen atoms in total. The molecule has 0 aliphatic rings. The maximum absolute atomic E-state index is 2.41. The van der Waals surface area contributed by atoms with E-state index in [0.29, 0.717) is 0 Å². The van der Waals surface area contributed by atoms with E-state index in [2.05, 4.69) is 205 Å². The van der Waals surface area contributed by atoms with Gasteiger partial charge in [0.05, 0.1) is 0 Å². The van der Waals surface area contributed by atoms with Crippen molar-refractivity contribution in [2.24, 2.45) is 0 Å². The van der Waals surface area contributed by atoms with E-state index in [9.17, 15) is 0 Å². The van der Waals surface area contributed by atoms with Gasteiger partial charge in [-0.1, -0.05) is 131 Å². The van der Waals surface area contributed by atoms with E-state index < -0.39 is 0 Å². The average molecular weight is 681 g/mol. The quantitative estimate of drug-likeness (QED) is 0.193. The van der Waals surface area contributed by atoms with Crippen LogP contribution in [0.5, 0.6) is 0 Å². The molecule has 0 N–H and O–H groups in total. The highest BCUT2D eigenvalue weighted by Crippen LogP contribution is 2.40. The molecule has 9 aromatic carbocycles. The van der Waals surface area contributed by atoms with Crippen molar-refractivity contribution in [3.05, 3.63) is 146 Å². The van der Waals surface area contributed by atoms with E-state index in [1.165, 1.54) is 104 Å². The Kier molecular flexibility index (Phi) is 8.38. The van der Waals surface area contributed by atoms with E-state index in [4.69, 9.17) is 0 Å². The van der Waals surface area contributed by atoms with Crippen molar-refractivity contribution < 1.29 is 0 Å². The largest absolute Gasteiger partial charge is 0.310 e. The van der Waals surface area contributed by atoms with E-state index in [1.54, 1.807) is 0 Å². The summed E-state index contributed by atoms with van der Waals surface area (Å²) in [6.45, 7) is 0. The van der Waals surface area contributed by atoms with Gasteiger partial charge in [-0.15, -0.1) is 16.4 Å². The van der Waals surface area contributed by atoms with Gasteiger partial charge in [0.1, 0.15) is 54.9 Å². The Morgan fingerprint density at radius 2 is 0.778 bits per heavy atom. The molecule has 0 fully saturated rings. The van der Waals surface area contributed by atoms with Gasteiger partial charge in [0.15, 0.2) is 0 Å². The molecular weight excluding hydrogens is 642 g/mol. The second-order valence-electron chi connectivity index (χ2n) is 15.1. The first-order valence-electron chi connectivity index (χ1n) is 19.1. The van der Waals surface area contributed by atoms with E-state index >= 15 is 0 Å². The smallest absolute Gasteiger partial charge is 0.139 e. The molecule has 0 aliphatic heterocycles. The van der Waals surface area contributed by atoms with Crippen molar-refractivity contribution in [1.82, 2.24) is 0 Å². The average Bonchev–Trinajstić information content (AvgIpc) is 3.21.